The zero-order chi connectivity index (χ0) is 13.8. The molecule has 1 amide bonds. The van der Waals surface area contributed by atoms with Gasteiger partial charge in [0, 0.05) is 10.6 Å². The van der Waals surface area contributed by atoms with Crippen molar-refractivity contribution in [1.82, 2.24) is 5.32 Å². The summed E-state index contributed by atoms with van der Waals surface area (Å²) in [5.41, 5.74) is 1.50. The normalized spacial score (nSPS) is 11.9. The predicted molar refractivity (Wildman–Crippen MR) is 75.4 cm³/mol. The molecular formula is C15H14ClNO2. The van der Waals surface area contributed by atoms with Crippen LogP contribution in [0.15, 0.2) is 48.5 Å². The van der Waals surface area contributed by atoms with Gasteiger partial charge in [-0.2, -0.15) is 0 Å². The maximum absolute atomic E-state index is 12.0. The highest BCUT2D eigenvalue weighted by atomic mass is 35.5. The van der Waals surface area contributed by atoms with Gasteiger partial charge in [-0.1, -0.05) is 23.7 Å². The van der Waals surface area contributed by atoms with Crippen LogP contribution in [0.2, 0.25) is 5.02 Å². The van der Waals surface area contributed by atoms with E-state index in [1.54, 1.807) is 24.3 Å². The summed E-state index contributed by atoms with van der Waals surface area (Å²) in [4.78, 5) is 12.0. The number of nitrogens with one attached hydrogen (secondary N) is 1. The first-order chi connectivity index (χ1) is 9.06. The van der Waals surface area contributed by atoms with Crippen LogP contribution in [0.3, 0.4) is 0 Å². The van der Waals surface area contributed by atoms with Crippen LogP contribution in [-0.4, -0.2) is 11.0 Å². The third-order valence-corrected chi connectivity index (χ3v) is 3.10. The van der Waals surface area contributed by atoms with Crippen molar-refractivity contribution in [3.05, 3.63) is 64.7 Å². The molecule has 1 unspecified atom stereocenters. The molecule has 0 bridgehead atoms. The van der Waals surface area contributed by atoms with Gasteiger partial charge in [0.05, 0.1) is 6.04 Å². The van der Waals surface area contributed by atoms with Gasteiger partial charge in [0.15, 0.2) is 0 Å². The Morgan fingerprint density at radius 1 is 1.11 bits per heavy atom. The molecule has 0 fully saturated rings. The van der Waals surface area contributed by atoms with Crippen LogP contribution in [0.25, 0.3) is 0 Å². The van der Waals surface area contributed by atoms with E-state index >= 15 is 0 Å². The van der Waals surface area contributed by atoms with E-state index in [1.165, 1.54) is 12.1 Å². The van der Waals surface area contributed by atoms with E-state index in [-0.39, 0.29) is 17.7 Å². The summed E-state index contributed by atoms with van der Waals surface area (Å²) in [6, 6.07) is 13.4. The standard InChI is InChI=1S/C15H14ClNO2/c1-10(11-2-6-13(16)7-3-11)17-15(19)12-4-8-14(18)9-5-12/h2-10,18H,1H3,(H,17,19). The third kappa shape index (κ3) is 3.48. The Bertz CT molecular complexity index is 564. The number of carbonyl (C=O) groups excluding carboxylic acids is 1. The quantitative estimate of drug-likeness (QED) is 0.900. The maximum Gasteiger partial charge on any atom is 0.251 e. The minimum atomic E-state index is -0.178. The Balaban J connectivity index is 2.06. The molecule has 0 aliphatic rings. The van der Waals surface area contributed by atoms with Gasteiger partial charge in [-0.05, 0) is 48.9 Å². The van der Waals surface area contributed by atoms with Crippen LogP contribution in [-0.2, 0) is 0 Å². The van der Waals surface area contributed by atoms with Gasteiger partial charge in [-0.15, -0.1) is 0 Å². The van der Waals surface area contributed by atoms with Crippen molar-refractivity contribution < 1.29 is 9.90 Å². The molecule has 2 aromatic carbocycles. The SMILES string of the molecule is CC(NC(=O)c1ccc(O)cc1)c1ccc(Cl)cc1. The first kappa shape index (κ1) is 13.4. The van der Waals surface area contributed by atoms with Crippen molar-refractivity contribution in [2.75, 3.05) is 0 Å². The lowest BCUT2D eigenvalue weighted by atomic mass is 10.1. The molecular weight excluding hydrogens is 262 g/mol. The van der Waals surface area contributed by atoms with E-state index in [4.69, 9.17) is 11.6 Å². The van der Waals surface area contributed by atoms with E-state index in [0.29, 0.717) is 10.6 Å². The second-order valence-electron chi connectivity index (χ2n) is 4.29. The topological polar surface area (TPSA) is 49.3 Å². The Morgan fingerprint density at radius 3 is 2.26 bits per heavy atom. The number of rotatable bonds is 3. The van der Waals surface area contributed by atoms with Gasteiger partial charge in [-0.3, -0.25) is 4.79 Å². The van der Waals surface area contributed by atoms with E-state index < -0.39 is 0 Å². The van der Waals surface area contributed by atoms with Crippen LogP contribution in [0.4, 0.5) is 0 Å². The van der Waals surface area contributed by atoms with E-state index in [1.807, 2.05) is 19.1 Å². The summed E-state index contributed by atoms with van der Waals surface area (Å²) < 4.78 is 0. The lowest BCUT2D eigenvalue weighted by molar-refractivity contribution is 0.0940. The van der Waals surface area contributed by atoms with Crippen molar-refractivity contribution >= 4 is 17.5 Å². The van der Waals surface area contributed by atoms with Gasteiger partial charge < -0.3 is 10.4 Å². The van der Waals surface area contributed by atoms with Gasteiger partial charge in [-0.25, -0.2) is 0 Å². The largest absolute Gasteiger partial charge is 0.508 e. The van der Waals surface area contributed by atoms with Crippen LogP contribution in [0, 0.1) is 0 Å². The lowest BCUT2D eigenvalue weighted by Gasteiger charge is -2.14. The molecule has 98 valence electrons. The highest BCUT2D eigenvalue weighted by Crippen LogP contribution is 2.17. The van der Waals surface area contributed by atoms with Crippen molar-refractivity contribution in [2.24, 2.45) is 0 Å². The molecule has 0 spiro atoms. The number of benzene rings is 2. The van der Waals surface area contributed by atoms with Gasteiger partial charge >= 0.3 is 0 Å². The zero-order valence-corrected chi connectivity index (χ0v) is 11.2. The molecule has 2 rings (SSSR count). The fourth-order valence-corrected chi connectivity index (χ4v) is 1.85. The maximum atomic E-state index is 12.0. The minimum Gasteiger partial charge on any atom is -0.508 e. The fourth-order valence-electron chi connectivity index (χ4n) is 1.73. The average molecular weight is 276 g/mol. The smallest absolute Gasteiger partial charge is 0.251 e. The second-order valence-corrected chi connectivity index (χ2v) is 4.73. The number of carbonyl (C=O) groups is 1. The van der Waals surface area contributed by atoms with Gasteiger partial charge in [0.2, 0.25) is 0 Å². The van der Waals surface area contributed by atoms with Crippen molar-refractivity contribution in [1.29, 1.82) is 0 Å². The molecule has 2 aromatic rings. The van der Waals surface area contributed by atoms with Gasteiger partial charge in [0.1, 0.15) is 5.75 Å². The third-order valence-electron chi connectivity index (χ3n) is 2.85. The van der Waals surface area contributed by atoms with Crippen molar-refractivity contribution in [3.8, 4) is 5.75 Å². The summed E-state index contributed by atoms with van der Waals surface area (Å²) in [7, 11) is 0. The molecule has 0 radical (unpaired) electrons. The molecule has 0 aliphatic carbocycles. The summed E-state index contributed by atoms with van der Waals surface area (Å²) in [5.74, 6) is -0.0373. The molecule has 0 saturated carbocycles. The lowest BCUT2D eigenvalue weighted by Crippen LogP contribution is -2.26. The summed E-state index contributed by atoms with van der Waals surface area (Å²) >= 11 is 5.82. The first-order valence-corrected chi connectivity index (χ1v) is 6.29. The number of hydrogen-bond acceptors (Lipinski definition) is 2. The number of amides is 1. The second kappa shape index (κ2) is 5.76. The summed E-state index contributed by atoms with van der Waals surface area (Å²) in [6.45, 7) is 1.90. The average Bonchev–Trinajstić information content (AvgIpc) is 2.40. The molecule has 1 atom stereocenters. The van der Waals surface area contributed by atoms with Crippen molar-refractivity contribution in [2.45, 2.75) is 13.0 Å². The zero-order valence-electron chi connectivity index (χ0n) is 10.4. The first-order valence-electron chi connectivity index (χ1n) is 5.91. The molecule has 4 heteroatoms. The molecule has 0 aliphatic heterocycles. The monoisotopic (exact) mass is 275 g/mol. The molecule has 0 heterocycles. The molecule has 0 saturated heterocycles. The van der Waals surface area contributed by atoms with Gasteiger partial charge in [0.25, 0.3) is 5.91 Å². The molecule has 2 N–H and O–H groups in total. The minimum absolute atomic E-state index is 0.112. The Morgan fingerprint density at radius 2 is 1.68 bits per heavy atom. The summed E-state index contributed by atoms with van der Waals surface area (Å²) in [6.07, 6.45) is 0. The Hall–Kier alpha value is -2.00. The highest BCUT2D eigenvalue weighted by molar-refractivity contribution is 6.30. The molecule has 19 heavy (non-hydrogen) atoms. The number of phenols is 1. The van der Waals surface area contributed by atoms with Crippen LogP contribution >= 0.6 is 11.6 Å². The van der Waals surface area contributed by atoms with Crippen LogP contribution in [0.1, 0.15) is 28.9 Å². The highest BCUT2D eigenvalue weighted by Gasteiger charge is 2.11. The Kier molecular flexibility index (Phi) is 4.07. The van der Waals surface area contributed by atoms with Crippen LogP contribution < -0.4 is 5.32 Å². The van der Waals surface area contributed by atoms with E-state index in [9.17, 15) is 9.90 Å². The summed E-state index contributed by atoms with van der Waals surface area (Å²) in [5, 5.41) is 12.7. The molecule has 3 nitrogen and oxygen atoms in total. The number of hydrogen-bond donors (Lipinski definition) is 2. The molecule has 0 aromatic heterocycles. The number of aromatic hydroxyl groups is 1. The van der Waals surface area contributed by atoms with E-state index in [2.05, 4.69) is 5.32 Å². The fraction of sp³-hybridized carbons (Fsp3) is 0.133. The van der Waals surface area contributed by atoms with Crippen LogP contribution in [0.5, 0.6) is 5.75 Å². The van der Waals surface area contributed by atoms with Crippen molar-refractivity contribution in [3.63, 3.8) is 0 Å². The Labute approximate surface area is 116 Å². The number of phenolic OH excluding ortho intramolecular Hbond substituents is 1. The number of halogens is 1. The van der Waals surface area contributed by atoms with E-state index in [0.717, 1.165) is 5.56 Å². The predicted octanol–water partition coefficient (Wildman–Crippen LogP) is 3.54.